The highest BCUT2D eigenvalue weighted by Crippen LogP contribution is 2.14. The Labute approximate surface area is 138 Å². The number of rotatable bonds is 5. The fourth-order valence-corrected chi connectivity index (χ4v) is 2.53. The van der Waals surface area contributed by atoms with Crippen LogP contribution >= 0.6 is 15.9 Å². The van der Waals surface area contributed by atoms with Gasteiger partial charge in [-0.25, -0.2) is 4.39 Å². The van der Waals surface area contributed by atoms with Gasteiger partial charge in [0.25, 0.3) is 5.91 Å². The number of quaternary nitrogens is 1. The van der Waals surface area contributed by atoms with Crippen LogP contribution in [0.5, 0.6) is 0 Å². The Hall–Kier alpha value is -1.72. The molecular weight excluding hydrogens is 347 g/mol. The van der Waals surface area contributed by atoms with Crippen molar-refractivity contribution in [3.63, 3.8) is 0 Å². The van der Waals surface area contributed by atoms with Crippen molar-refractivity contribution in [1.82, 2.24) is 0 Å². The zero-order valence-corrected chi connectivity index (χ0v) is 14.2. The van der Waals surface area contributed by atoms with Crippen LogP contribution in [0.1, 0.15) is 12.5 Å². The van der Waals surface area contributed by atoms with Gasteiger partial charge in [-0.1, -0.05) is 34.1 Å². The largest absolute Gasteiger partial charge is 0.324 e. The van der Waals surface area contributed by atoms with Crippen molar-refractivity contribution in [3.8, 4) is 0 Å². The maximum absolute atomic E-state index is 12.9. The summed E-state index contributed by atoms with van der Waals surface area (Å²) in [6, 6.07) is 13.5. The van der Waals surface area contributed by atoms with E-state index in [1.807, 2.05) is 38.2 Å². The van der Waals surface area contributed by atoms with E-state index < -0.39 is 0 Å². The molecule has 2 aromatic rings. The first-order chi connectivity index (χ1) is 10.5. The number of benzene rings is 2. The number of amides is 1. The molecule has 1 amide bonds. The average molecular weight is 366 g/mol. The predicted octanol–water partition coefficient (Wildman–Crippen LogP) is 2.63. The number of hydrogen-bond donors (Lipinski definition) is 2. The fourth-order valence-electron chi connectivity index (χ4n) is 2.10. The molecule has 0 aliphatic heterocycles. The van der Waals surface area contributed by atoms with Gasteiger partial charge < -0.3 is 10.2 Å². The fraction of sp³-hybridized carbons (Fsp3) is 0.235. The van der Waals surface area contributed by atoms with Gasteiger partial charge in [-0.05, 0) is 37.3 Å². The van der Waals surface area contributed by atoms with Crippen LogP contribution in [-0.4, -0.2) is 19.0 Å². The monoisotopic (exact) mass is 365 g/mol. The van der Waals surface area contributed by atoms with Gasteiger partial charge in [0.15, 0.2) is 6.04 Å². The van der Waals surface area contributed by atoms with Crippen LogP contribution in [0.25, 0.3) is 0 Å². The van der Waals surface area contributed by atoms with E-state index in [2.05, 4.69) is 21.2 Å². The van der Waals surface area contributed by atoms with E-state index in [1.54, 1.807) is 12.1 Å². The quantitative estimate of drug-likeness (QED) is 0.838. The average Bonchev–Trinajstić information content (AvgIpc) is 2.51. The second kappa shape index (κ2) is 7.51. The van der Waals surface area contributed by atoms with Gasteiger partial charge >= 0.3 is 0 Å². The molecule has 1 unspecified atom stereocenters. The maximum atomic E-state index is 12.9. The Morgan fingerprint density at radius 1 is 1.23 bits per heavy atom. The summed E-state index contributed by atoms with van der Waals surface area (Å²) in [7, 11) is 1.98. The second-order valence-corrected chi connectivity index (χ2v) is 6.19. The summed E-state index contributed by atoms with van der Waals surface area (Å²) in [6.45, 7) is 2.62. The molecule has 2 atom stereocenters. The van der Waals surface area contributed by atoms with Gasteiger partial charge in [-0.15, -0.1) is 0 Å². The van der Waals surface area contributed by atoms with E-state index in [9.17, 15) is 9.18 Å². The molecule has 0 bridgehead atoms. The van der Waals surface area contributed by atoms with Gasteiger partial charge in [-0.3, -0.25) is 4.79 Å². The first-order valence-corrected chi connectivity index (χ1v) is 7.89. The molecule has 2 N–H and O–H groups in total. The first-order valence-electron chi connectivity index (χ1n) is 7.09. The molecule has 0 radical (unpaired) electrons. The zero-order chi connectivity index (χ0) is 16.1. The number of hydrogen-bond acceptors (Lipinski definition) is 1. The van der Waals surface area contributed by atoms with Crippen molar-refractivity contribution in [2.45, 2.75) is 19.5 Å². The molecule has 0 saturated heterocycles. The normalized spacial score (nSPS) is 13.5. The summed E-state index contributed by atoms with van der Waals surface area (Å²) in [5.41, 5.74) is 1.76. The SMILES string of the molecule is C[C@H](C(=O)Nc1ccc(F)cc1)[NH+](C)Cc1ccccc1Br. The number of likely N-dealkylation sites (N-methyl/N-ethyl adjacent to an activating group) is 1. The Kier molecular flexibility index (Phi) is 5.69. The molecule has 0 aliphatic rings. The molecular formula is C17H19BrFN2O+. The van der Waals surface area contributed by atoms with E-state index in [-0.39, 0.29) is 17.8 Å². The van der Waals surface area contributed by atoms with E-state index in [4.69, 9.17) is 0 Å². The van der Waals surface area contributed by atoms with E-state index >= 15 is 0 Å². The van der Waals surface area contributed by atoms with Crippen molar-refractivity contribution >= 4 is 27.5 Å². The van der Waals surface area contributed by atoms with Crippen molar-refractivity contribution in [1.29, 1.82) is 0 Å². The molecule has 0 aliphatic carbocycles. The third kappa shape index (κ3) is 4.39. The minimum absolute atomic E-state index is 0.0869. The third-order valence-electron chi connectivity index (χ3n) is 3.67. The standard InChI is InChI=1S/C17H18BrFN2O/c1-12(17(22)20-15-9-7-14(19)8-10-15)21(2)11-13-5-3-4-6-16(13)18/h3-10,12H,11H2,1-2H3,(H,20,22)/p+1/t12-/m1/s1. The van der Waals surface area contributed by atoms with E-state index in [0.717, 1.165) is 21.5 Å². The van der Waals surface area contributed by atoms with Gasteiger partial charge in [-0.2, -0.15) is 0 Å². The Morgan fingerprint density at radius 3 is 2.50 bits per heavy atom. The topological polar surface area (TPSA) is 33.5 Å². The zero-order valence-electron chi connectivity index (χ0n) is 12.6. The lowest BCUT2D eigenvalue weighted by Gasteiger charge is -2.21. The lowest BCUT2D eigenvalue weighted by molar-refractivity contribution is -0.907. The van der Waals surface area contributed by atoms with E-state index in [1.165, 1.54) is 12.1 Å². The van der Waals surface area contributed by atoms with Crippen molar-refractivity contribution in [2.75, 3.05) is 12.4 Å². The molecule has 22 heavy (non-hydrogen) atoms. The highest BCUT2D eigenvalue weighted by molar-refractivity contribution is 9.10. The smallest absolute Gasteiger partial charge is 0.282 e. The van der Waals surface area contributed by atoms with Gasteiger partial charge in [0.2, 0.25) is 0 Å². The summed E-state index contributed by atoms with van der Waals surface area (Å²) >= 11 is 3.52. The maximum Gasteiger partial charge on any atom is 0.282 e. The number of carbonyl (C=O) groups is 1. The molecule has 116 valence electrons. The second-order valence-electron chi connectivity index (χ2n) is 5.33. The van der Waals surface area contributed by atoms with Crippen LogP contribution in [0, 0.1) is 5.82 Å². The number of anilines is 1. The minimum Gasteiger partial charge on any atom is -0.324 e. The summed E-state index contributed by atoms with van der Waals surface area (Å²) in [5, 5.41) is 2.81. The summed E-state index contributed by atoms with van der Waals surface area (Å²) in [4.78, 5) is 13.4. The van der Waals surface area contributed by atoms with Gasteiger partial charge in [0.05, 0.1) is 7.05 Å². The molecule has 0 aromatic heterocycles. The van der Waals surface area contributed by atoms with Crippen molar-refractivity contribution in [2.24, 2.45) is 0 Å². The third-order valence-corrected chi connectivity index (χ3v) is 4.44. The van der Waals surface area contributed by atoms with Crippen molar-refractivity contribution in [3.05, 3.63) is 64.4 Å². The molecule has 3 nitrogen and oxygen atoms in total. The Bertz CT molecular complexity index is 645. The van der Waals surface area contributed by atoms with E-state index in [0.29, 0.717) is 5.69 Å². The Morgan fingerprint density at radius 2 is 1.86 bits per heavy atom. The molecule has 5 heteroatoms. The molecule has 0 fully saturated rings. The predicted molar refractivity (Wildman–Crippen MR) is 89.2 cm³/mol. The molecule has 0 saturated carbocycles. The molecule has 2 aromatic carbocycles. The Balaban J connectivity index is 1.97. The van der Waals surface area contributed by atoms with Crippen LogP contribution in [0.3, 0.4) is 0 Å². The number of halogens is 2. The number of nitrogens with one attached hydrogen (secondary N) is 2. The van der Waals surface area contributed by atoms with Crippen LogP contribution in [0.2, 0.25) is 0 Å². The van der Waals surface area contributed by atoms with Crippen molar-refractivity contribution < 1.29 is 14.1 Å². The molecule has 2 rings (SSSR count). The van der Waals surface area contributed by atoms with Gasteiger partial charge in [0, 0.05) is 15.7 Å². The minimum atomic E-state index is -0.317. The van der Waals surface area contributed by atoms with Crippen LogP contribution in [0.15, 0.2) is 53.0 Å². The van der Waals surface area contributed by atoms with Crippen LogP contribution < -0.4 is 10.2 Å². The van der Waals surface area contributed by atoms with Gasteiger partial charge in [0.1, 0.15) is 12.4 Å². The summed E-state index contributed by atoms with van der Waals surface area (Å²) in [6.07, 6.45) is 0. The highest BCUT2D eigenvalue weighted by atomic mass is 79.9. The molecule has 0 heterocycles. The molecule has 0 spiro atoms. The summed E-state index contributed by atoms with van der Waals surface area (Å²) < 4.78 is 13.9. The summed E-state index contributed by atoms with van der Waals surface area (Å²) in [5.74, 6) is -0.404. The lowest BCUT2D eigenvalue weighted by atomic mass is 10.2. The first kappa shape index (κ1) is 16.6. The number of carbonyl (C=O) groups excluding carboxylic acids is 1. The van der Waals surface area contributed by atoms with Crippen LogP contribution in [0.4, 0.5) is 10.1 Å². The highest BCUT2D eigenvalue weighted by Gasteiger charge is 2.22. The van der Waals surface area contributed by atoms with Crippen LogP contribution in [-0.2, 0) is 11.3 Å². The lowest BCUT2D eigenvalue weighted by Crippen LogP contribution is -3.12.